The topological polar surface area (TPSA) is 193 Å². The average Bonchev–Trinajstić information content (AvgIpc) is 3.41. The minimum Gasteiger partial charge on any atom is -0.444 e. The number of anilines is 1. The summed E-state index contributed by atoms with van der Waals surface area (Å²) in [4.78, 5) is 71.7. The summed E-state index contributed by atoms with van der Waals surface area (Å²) in [6.07, 6.45) is 4.32. The van der Waals surface area contributed by atoms with Crippen molar-refractivity contribution in [3.63, 3.8) is 0 Å². The Kier molecular flexibility index (Phi) is 11.7. The number of hydrogen-bond acceptors (Lipinski definition) is 9. The van der Waals surface area contributed by atoms with Crippen molar-refractivity contribution in [2.24, 2.45) is 5.92 Å². The first-order chi connectivity index (χ1) is 26.0. The van der Waals surface area contributed by atoms with Gasteiger partial charge in [0.2, 0.25) is 11.8 Å². The molecule has 0 unspecified atom stereocenters. The van der Waals surface area contributed by atoms with Crippen LogP contribution in [0.4, 0.5) is 15.3 Å². The Labute approximate surface area is 325 Å². The number of amides is 5. The van der Waals surface area contributed by atoms with Gasteiger partial charge in [0.15, 0.2) is 0 Å². The Morgan fingerprint density at radius 3 is 2.35 bits per heavy atom. The molecular formula is C38H47ClN6O9S. The summed E-state index contributed by atoms with van der Waals surface area (Å²) in [5.41, 5.74) is -0.343. The van der Waals surface area contributed by atoms with Gasteiger partial charge in [-0.15, -0.1) is 0 Å². The number of carbonyl (C=O) groups is 5. The highest BCUT2D eigenvalue weighted by atomic mass is 35.5. The molecule has 3 aliphatic heterocycles. The average molecular weight is 799 g/mol. The van der Waals surface area contributed by atoms with Gasteiger partial charge >= 0.3 is 22.4 Å². The summed E-state index contributed by atoms with van der Waals surface area (Å²) in [7, 11) is -4.45. The van der Waals surface area contributed by atoms with Crippen LogP contribution in [-0.4, -0.2) is 84.0 Å². The number of hydrogen-bond donors (Lipinski definition) is 4. The van der Waals surface area contributed by atoms with Gasteiger partial charge in [-0.1, -0.05) is 60.9 Å². The van der Waals surface area contributed by atoms with E-state index >= 15 is 0 Å². The Balaban J connectivity index is 1.24. The number of rotatable bonds is 6. The van der Waals surface area contributed by atoms with Crippen LogP contribution in [0.15, 0.2) is 60.7 Å². The SMILES string of the molecule is CC(C)(C)OC(=O)N[C@H]1CCCCC/C=C\[C@@H]2C[C@@]2(C(=O)NS(=O)(=O)Nc2ccc(Cl)cc2)NC(=O)[C@@H]2C[C@@H](OC(=O)N3Cc4ccccc4C3)CN2C1=O. The summed E-state index contributed by atoms with van der Waals surface area (Å²) in [5.74, 6) is -2.81. The molecule has 6 rings (SSSR count). The monoisotopic (exact) mass is 798 g/mol. The van der Waals surface area contributed by atoms with Gasteiger partial charge in [-0.05, 0) is 81.8 Å². The number of nitrogens with one attached hydrogen (secondary N) is 4. The molecule has 1 saturated heterocycles. The second-order valence-corrected chi connectivity index (χ2v) is 17.3. The van der Waals surface area contributed by atoms with Crippen molar-refractivity contribution < 1.29 is 41.9 Å². The fourth-order valence-corrected chi connectivity index (χ4v) is 8.26. The summed E-state index contributed by atoms with van der Waals surface area (Å²) in [6, 6.07) is 11.2. The van der Waals surface area contributed by atoms with Gasteiger partial charge in [0, 0.05) is 30.5 Å². The van der Waals surface area contributed by atoms with E-state index in [0.717, 1.165) is 17.5 Å². The van der Waals surface area contributed by atoms with Crippen molar-refractivity contribution in [2.45, 2.75) is 108 Å². The first-order valence-corrected chi connectivity index (χ1v) is 20.3. The molecule has 2 aromatic carbocycles. The smallest absolute Gasteiger partial charge is 0.410 e. The number of halogens is 1. The maximum atomic E-state index is 14.4. The number of allylic oxidation sites excluding steroid dienone is 1. The van der Waals surface area contributed by atoms with Crippen molar-refractivity contribution in [3.05, 3.63) is 76.8 Å². The maximum Gasteiger partial charge on any atom is 0.410 e. The van der Waals surface area contributed by atoms with E-state index in [9.17, 15) is 32.4 Å². The minimum absolute atomic E-state index is 0.0993. The highest BCUT2D eigenvalue weighted by Crippen LogP contribution is 2.46. The van der Waals surface area contributed by atoms with Gasteiger partial charge in [0.1, 0.15) is 29.3 Å². The van der Waals surface area contributed by atoms with Crippen molar-refractivity contribution in [2.75, 3.05) is 11.3 Å². The zero-order valence-corrected chi connectivity index (χ0v) is 32.6. The van der Waals surface area contributed by atoms with Crippen LogP contribution in [-0.2, 0) is 47.2 Å². The van der Waals surface area contributed by atoms with E-state index in [-0.39, 0.29) is 31.5 Å². The molecule has 5 atom stereocenters. The predicted molar refractivity (Wildman–Crippen MR) is 203 cm³/mol. The van der Waals surface area contributed by atoms with Gasteiger partial charge in [0.05, 0.1) is 12.2 Å². The van der Waals surface area contributed by atoms with Crippen molar-refractivity contribution in [3.8, 4) is 0 Å². The minimum atomic E-state index is -4.45. The van der Waals surface area contributed by atoms with Crippen LogP contribution in [0.3, 0.4) is 0 Å². The van der Waals surface area contributed by atoms with Crippen LogP contribution >= 0.6 is 11.6 Å². The molecule has 0 aromatic heterocycles. The van der Waals surface area contributed by atoms with E-state index in [4.69, 9.17) is 21.1 Å². The number of benzene rings is 2. The zero-order chi connectivity index (χ0) is 39.5. The normalized spacial score (nSPS) is 26.2. The fraction of sp³-hybridized carbons (Fsp3) is 0.500. The molecule has 0 spiro atoms. The van der Waals surface area contributed by atoms with Gasteiger partial charge in [-0.25, -0.2) is 14.3 Å². The Morgan fingerprint density at radius 2 is 1.67 bits per heavy atom. The molecule has 4 N–H and O–H groups in total. The number of fused-ring (bicyclic) bond motifs is 3. The van der Waals surface area contributed by atoms with Crippen LogP contribution in [0.1, 0.15) is 76.8 Å². The van der Waals surface area contributed by atoms with E-state index in [1.807, 2.05) is 35.1 Å². The third kappa shape index (κ3) is 9.89. The Morgan fingerprint density at radius 1 is 0.982 bits per heavy atom. The van der Waals surface area contributed by atoms with Gasteiger partial charge in [-0.2, -0.15) is 8.42 Å². The number of alkyl carbamates (subject to hydrolysis) is 1. The van der Waals surface area contributed by atoms with E-state index < -0.39 is 75.4 Å². The van der Waals surface area contributed by atoms with E-state index in [2.05, 4.69) is 15.4 Å². The maximum absolute atomic E-state index is 14.4. The van der Waals surface area contributed by atoms with Crippen molar-refractivity contribution in [1.82, 2.24) is 25.2 Å². The molecule has 2 fully saturated rings. The predicted octanol–water partition coefficient (Wildman–Crippen LogP) is 4.52. The lowest BCUT2D eigenvalue weighted by molar-refractivity contribution is -0.141. The first kappa shape index (κ1) is 39.9. The van der Waals surface area contributed by atoms with Gasteiger partial charge in [0.25, 0.3) is 5.91 Å². The first-order valence-electron chi connectivity index (χ1n) is 18.4. The van der Waals surface area contributed by atoms with Crippen LogP contribution in [0.2, 0.25) is 5.02 Å². The molecule has 1 aliphatic carbocycles. The quantitative estimate of drug-likeness (QED) is 0.304. The lowest BCUT2D eigenvalue weighted by atomic mass is 10.0. The zero-order valence-electron chi connectivity index (χ0n) is 31.0. The van der Waals surface area contributed by atoms with Crippen LogP contribution < -0.4 is 20.1 Å². The van der Waals surface area contributed by atoms with E-state index in [0.29, 0.717) is 37.4 Å². The molecule has 296 valence electrons. The van der Waals surface area contributed by atoms with Crippen molar-refractivity contribution in [1.29, 1.82) is 0 Å². The molecule has 55 heavy (non-hydrogen) atoms. The molecular weight excluding hydrogens is 752 g/mol. The van der Waals surface area contributed by atoms with Gasteiger partial charge in [-0.3, -0.25) is 24.0 Å². The lowest BCUT2D eigenvalue weighted by Gasteiger charge is -2.30. The summed E-state index contributed by atoms with van der Waals surface area (Å²) >= 11 is 5.92. The number of carbonyl (C=O) groups excluding carboxylic acids is 5. The third-order valence-electron chi connectivity index (χ3n) is 10.0. The number of ether oxygens (including phenoxy) is 2. The molecule has 3 heterocycles. The second-order valence-electron chi connectivity index (χ2n) is 15.5. The van der Waals surface area contributed by atoms with E-state index in [1.165, 1.54) is 34.1 Å². The molecule has 1 saturated carbocycles. The summed E-state index contributed by atoms with van der Waals surface area (Å²) in [5, 5.41) is 5.86. The van der Waals surface area contributed by atoms with Crippen molar-refractivity contribution >= 4 is 57.4 Å². The molecule has 0 bridgehead atoms. The van der Waals surface area contributed by atoms with Crippen LogP contribution in [0.25, 0.3) is 0 Å². The van der Waals surface area contributed by atoms with E-state index in [1.54, 1.807) is 26.8 Å². The second kappa shape index (κ2) is 16.1. The lowest BCUT2D eigenvalue weighted by Crippen LogP contribution is -2.58. The fourth-order valence-electron chi connectivity index (χ4n) is 7.21. The Bertz CT molecular complexity index is 1930. The Hall–Kier alpha value is -4.83. The summed E-state index contributed by atoms with van der Waals surface area (Å²) in [6.45, 7) is 5.64. The molecule has 5 amide bonds. The standard InChI is InChI=1S/C38H47ClN6O9S/c1-37(2,3)54-35(49)40-30-14-8-6-4-5-7-13-26-20-38(26,34(48)43-55(51,52)42-28-17-15-27(39)16-18-28)41-32(46)31-19-29(23-45(31)33(30)47)53-36(50)44-21-24-11-9-10-12-25(24)22-44/h7,9-13,15-18,26,29-31,42H,4-6,8,14,19-23H2,1-3H3,(H,40,49)(H,41,46)(H,43,48)/b13-7-/t26-,29-,30+,31+,38-/m1/s1. The number of nitrogens with zero attached hydrogens (tertiary/aromatic N) is 2. The molecule has 17 heteroatoms. The molecule has 15 nitrogen and oxygen atoms in total. The van der Waals surface area contributed by atoms with Crippen LogP contribution in [0.5, 0.6) is 0 Å². The van der Waals surface area contributed by atoms with Gasteiger partial charge < -0.3 is 25.0 Å². The largest absolute Gasteiger partial charge is 0.444 e. The molecule has 0 radical (unpaired) electrons. The highest BCUT2D eigenvalue weighted by molar-refractivity contribution is 7.91. The third-order valence-corrected chi connectivity index (χ3v) is 11.2. The van der Waals surface area contributed by atoms with Crippen LogP contribution in [0, 0.1) is 5.92 Å². The highest BCUT2D eigenvalue weighted by Gasteiger charge is 2.61. The molecule has 2 aromatic rings. The molecule has 4 aliphatic rings. The summed E-state index contributed by atoms with van der Waals surface area (Å²) < 4.78 is 41.9.